The molecular formula is C5H11N3O2. The lowest BCUT2D eigenvalue weighted by Gasteiger charge is -2.21. The molecule has 1 aliphatic heterocycles. The molecule has 1 rings (SSSR count). The Hall–Kier alpha value is -0.650. The standard InChI is InChI=1S/C5H11N3O2/c6-5(3-4(9)10)7-1-2-8-5/h7-8H,1-3,6H2,(H,9,10). The zero-order valence-corrected chi connectivity index (χ0v) is 5.55. The molecule has 0 saturated carbocycles. The Kier molecular flexibility index (Phi) is 1.89. The average Bonchev–Trinajstić information content (AvgIpc) is 2.12. The van der Waals surface area contributed by atoms with Crippen LogP contribution < -0.4 is 16.4 Å². The molecule has 1 aliphatic rings. The molecule has 0 aliphatic carbocycles. The minimum atomic E-state index is -0.899. The van der Waals surface area contributed by atoms with Gasteiger partial charge in [0.15, 0.2) is 0 Å². The van der Waals surface area contributed by atoms with Gasteiger partial charge in [-0.1, -0.05) is 0 Å². The van der Waals surface area contributed by atoms with E-state index in [-0.39, 0.29) is 6.42 Å². The van der Waals surface area contributed by atoms with Gasteiger partial charge in [-0.2, -0.15) is 0 Å². The summed E-state index contributed by atoms with van der Waals surface area (Å²) < 4.78 is 0. The second kappa shape index (κ2) is 2.53. The summed E-state index contributed by atoms with van der Waals surface area (Å²) in [6.07, 6.45) is -0.0903. The van der Waals surface area contributed by atoms with Crippen LogP contribution in [-0.2, 0) is 4.79 Å². The van der Waals surface area contributed by atoms with Crippen molar-refractivity contribution >= 4 is 5.97 Å². The van der Waals surface area contributed by atoms with Gasteiger partial charge < -0.3 is 10.8 Å². The third kappa shape index (κ3) is 1.66. The van der Waals surface area contributed by atoms with Crippen molar-refractivity contribution in [3.8, 4) is 0 Å². The van der Waals surface area contributed by atoms with Gasteiger partial charge in [0.1, 0.15) is 5.79 Å². The number of hydrogen-bond donors (Lipinski definition) is 4. The summed E-state index contributed by atoms with van der Waals surface area (Å²) in [6.45, 7) is 1.45. The molecule has 0 bridgehead atoms. The van der Waals surface area contributed by atoms with Gasteiger partial charge in [-0.15, -0.1) is 0 Å². The lowest BCUT2D eigenvalue weighted by Crippen LogP contribution is -2.58. The van der Waals surface area contributed by atoms with E-state index in [4.69, 9.17) is 10.8 Å². The van der Waals surface area contributed by atoms with Crippen LogP contribution in [0.15, 0.2) is 0 Å². The highest BCUT2D eigenvalue weighted by Gasteiger charge is 2.30. The van der Waals surface area contributed by atoms with Gasteiger partial charge in [-0.3, -0.25) is 15.4 Å². The van der Waals surface area contributed by atoms with Crippen molar-refractivity contribution in [3.05, 3.63) is 0 Å². The SMILES string of the molecule is NC1(CC(=O)O)NCCN1. The van der Waals surface area contributed by atoms with E-state index in [2.05, 4.69) is 10.6 Å². The van der Waals surface area contributed by atoms with E-state index in [0.717, 1.165) is 13.1 Å². The molecule has 0 unspecified atom stereocenters. The normalized spacial score (nSPS) is 22.9. The van der Waals surface area contributed by atoms with Gasteiger partial charge in [0.25, 0.3) is 0 Å². The number of carboxylic acids is 1. The Balaban J connectivity index is 2.43. The van der Waals surface area contributed by atoms with Crippen molar-refractivity contribution in [3.63, 3.8) is 0 Å². The Morgan fingerprint density at radius 3 is 2.50 bits per heavy atom. The monoisotopic (exact) mass is 145 g/mol. The van der Waals surface area contributed by atoms with Crippen molar-refractivity contribution in [2.75, 3.05) is 13.1 Å². The topological polar surface area (TPSA) is 87.4 Å². The maximum Gasteiger partial charge on any atom is 0.308 e. The van der Waals surface area contributed by atoms with Gasteiger partial charge in [-0.25, -0.2) is 0 Å². The van der Waals surface area contributed by atoms with Crippen LogP contribution in [0, 0.1) is 0 Å². The second-order valence-corrected chi connectivity index (χ2v) is 2.40. The highest BCUT2D eigenvalue weighted by molar-refractivity contribution is 5.68. The van der Waals surface area contributed by atoms with E-state index < -0.39 is 11.8 Å². The van der Waals surface area contributed by atoms with Gasteiger partial charge in [-0.05, 0) is 0 Å². The molecule has 5 heteroatoms. The molecule has 0 aromatic heterocycles. The predicted molar refractivity (Wildman–Crippen MR) is 35.2 cm³/mol. The van der Waals surface area contributed by atoms with E-state index in [1.54, 1.807) is 0 Å². The molecule has 0 aromatic carbocycles. The largest absolute Gasteiger partial charge is 0.481 e. The Morgan fingerprint density at radius 1 is 1.60 bits per heavy atom. The molecule has 5 nitrogen and oxygen atoms in total. The fourth-order valence-electron chi connectivity index (χ4n) is 0.997. The summed E-state index contributed by atoms with van der Waals surface area (Å²) in [7, 11) is 0. The van der Waals surface area contributed by atoms with Crippen LogP contribution in [0.5, 0.6) is 0 Å². The highest BCUT2D eigenvalue weighted by atomic mass is 16.4. The molecular weight excluding hydrogens is 134 g/mol. The van der Waals surface area contributed by atoms with Gasteiger partial charge in [0.05, 0.1) is 6.42 Å². The average molecular weight is 145 g/mol. The smallest absolute Gasteiger partial charge is 0.308 e. The Morgan fingerprint density at radius 2 is 2.10 bits per heavy atom. The van der Waals surface area contributed by atoms with Crippen LogP contribution in [0.1, 0.15) is 6.42 Å². The maximum atomic E-state index is 10.2. The zero-order chi connectivity index (χ0) is 7.61. The van der Waals surface area contributed by atoms with Crippen molar-refractivity contribution in [2.24, 2.45) is 5.73 Å². The third-order valence-electron chi connectivity index (χ3n) is 1.44. The summed E-state index contributed by atoms with van der Waals surface area (Å²) in [6, 6.07) is 0. The van der Waals surface area contributed by atoms with Gasteiger partial charge in [0.2, 0.25) is 0 Å². The highest BCUT2D eigenvalue weighted by Crippen LogP contribution is 2.01. The van der Waals surface area contributed by atoms with Crippen LogP contribution in [0.25, 0.3) is 0 Å². The van der Waals surface area contributed by atoms with Crippen molar-refractivity contribution in [2.45, 2.75) is 12.2 Å². The molecule has 5 N–H and O–H groups in total. The number of rotatable bonds is 2. The minimum absolute atomic E-state index is 0.0903. The summed E-state index contributed by atoms with van der Waals surface area (Å²) in [5.41, 5.74) is 5.56. The molecule has 1 saturated heterocycles. The van der Waals surface area contributed by atoms with E-state index in [0.29, 0.717) is 0 Å². The number of hydrogen-bond acceptors (Lipinski definition) is 4. The lowest BCUT2D eigenvalue weighted by atomic mass is 10.2. The number of aliphatic carboxylic acids is 1. The molecule has 58 valence electrons. The van der Waals surface area contributed by atoms with Crippen molar-refractivity contribution in [1.82, 2.24) is 10.6 Å². The lowest BCUT2D eigenvalue weighted by molar-refractivity contribution is -0.138. The van der Waals surface area contributed by atoms with Crippen molar-refractivity contribution < 1.29 is 9.90 Å². The van der Waals surface area contributed by atoms with E-state index >= 15 is 0 Å². The van der Waals surface area contributed by atoms with Gasteiger partial charge in [0, 0.05) is 13.1 Å². The van der Waals surface area contributed by atoms with Crippen LogP contribution in [0.3, 0.4) is 0 Å². The van der Waals surface area contributed by atoms with Crippen molar-refractivity contribution in [1.29, 1.82) is 0 Å². The van der Waals surface area contributed by atoms with Crippen LogP contribution in [0.4, 0.5) is 0 Å². The molecule has 0 spiro atoms. The quantitative estimate of drug-likeness (QED) is 0.371. The first-order valence-corrected chi connectivity index (χ1v) is 3.13. The number of carboxylic acid groups (broad SMARTS) is 1. The first kappa shape index (κ1) is 7.46. The Labute approximate surface area is 58.6 Å². The molecule has 1 heterocycles. The fraction of sp³-hybridized carbons (Fsp3) is 0.800. The molecule has 0 amide bonds. The number of nitrogens with two attached hydrogens (primary N) is 1. The van der Waals surface area contributed by atoms with E-state index in [1.807, 2.05) is 0 Å². The summed E-state index contributed by atoms with van der Waals surface area (Å²) >= 11 is 0. The third-order valence-corrected chi connectivity index (χ3v) is 1.44. The molecule has 0 aromatic rings. The Bertz CT molecular complexity index is 142. The van der Waals surface area contributed by atoms with Crippen LogP contribution in [-0.4, -0.2) is 30.0 Å². The summed E-state index contributed by atoms with van der Waals surface area (Å²) in [5.74, 6) is -1.78. The summed E-state index contributed by atoms with van der Waals surface area (Å²) in [5, 5.41) is 14.1. The van der Waals surface area contributed by atoms with Crippen LogP contribution >= 0.6 is 0 Å². The van der Waals surface area contributed by atoms with E-state index in [1.165, 1.54) is 0 Å². The molecule has 10 heavy (non-hydrogen) atoms. The fourth-order valence-corrected chi connectivity index (χ4v) is 0.997. The first-order chi connectivity index (χ1) is 4.62. The molecule has 0 radical (unpaired) electrons. The first-order valence-electron chi connectivity index (χ1n) is 3.13. The molecule has 1 fully saturated rings. The number of carbonyl (C=O) groups is 1. The maximum absolute atomic E-state index is 10.2. The predicted octanol–water partition coefficient (Wildman–Crippen LogP) is -1.73. The minimum Gasteiger partial charge on any atom is -0.481 e. The second-order valence-electron chi connectivity index (χ2n) is 2.40. The number of nitrogens with one attached hydrogen (secondary N) is 2. The zero-order valence-electron chi connectivity index (χ0n) is 5.55. The van der Waals surface area contributed by atoms with Crippen LogP contribution in [0.2, 0.25) is 0 Å². The molecule has 0 atom stereocenters. The van der Waals surface area contributed by atoms with Gasteiger partial charge >= 0.3 is 5.97 Å². The summed E-state index contributed by atoms with van der Waals surface area (Å²) in [4.78, 5) is 10.2. The van der Waals surface area contributed by atoms with E-state index in [9.17, 15) is 4.79 Å².